The number of nitrogens with zero attached hydrogens (tertiary/aromatic N) is 4. The Kier molecular flexibility index (Phi) is 6.93. The van der Waals surface area contributed by atoms with Crippen LogP contribution in [-0.2, 0) is 4.79 Å². The van der Waals surface area contributed by atoms with Gasteiger partial charge >= 0.3 is 0 Å². The van der Waals surface area contributed by atoms with Gasteiger partial charge in [0.15, 0.2) is 12.4 Å². The van der Waals surface area contributed by atoms with Crippen LogP contribution in [0.15, 0.2) is 24.4 Å². The van der Waals surface area contributed by atoms with Gasteiger partial charge in [-0.15, -0.1) is 0 Å². The number of ether oxygens (including phenoxy) is 1. The van der Waals surface area contributed by atoms with E-state index in [0.29, 0.717) is 29.5 Å². The van der Waals surface area contributed by atoms with Crippen LogP contribution in [0.2, 0.25) is 0 Å². The molecule has 0 saturated carbocycles. The summed E-state index contributed by atoms with van der Waals surface area (Å²) in [6.45, 7) is 8.68. The summed E-state index contributed by atoms with van der Waals surface area (Å²) in [4.78, 5) is 37.5. The zero-order valence-electron chi connectivity index (χ0n) is 19.3. The lowest BCUT2D eigenvalue weighted by atomic mass is 10.0. The molecule has 31 heavy (non-hydrogen) atoms. The summed E-state index contributed by atoms with van der Waals surface area (Å²) in [7, 11) is 3.40. The number of benzene rings is 1. The van der Waals surface area contributed by atoms with E-state index in [2.05, 4.69) is 29.9 Å². The van der Waals surface area contributed by atoms with E-state index in [1.54, 1.807) is 32.1 Å². The Labute approximate surface area is 184 Å². The number of aryl methyl sites for hydroxylation is 2. The Morgan fingerprint density at radius 3 is 2.65 bits per heavy atom. The second kappa shape index (κ2) is 9.45. The van der Waals surface area contributed by atoms with Crippen molar-refractivity contribution in [2.75, 3.05) is 27.2 Å². The molecule has 0 spiro atoms. The number of hydrogen-bond donors (Lipinski definition) is 0. The third kappa shape index (κ3) is 5.03. The minimum absolute atomic E-state index is 0.0188. The number of amides is 2. The van der Waals surface area contributed by atoms with Gasteiger partial charge in [-0.2, -0.15) is 0 Å². The fraction of sp³-hybridized carbons (Fsp3) is 0.500. The molecule has 3 rings (SSSR count). The minimum Gasteiger partial charge on any atom is -0.483 e. The first-order valence-corrected chi connectivity index (χ1v) is 10.8. The molecule has 1 fully saturated rings. The Balaban J connectivity index is 1.72. The van der Waals surface area contributed by atoms with Gasteiger partial charge in [-0.05, 0) is 49.8 Å². The van der Waals surface area contributed by atoms with Crippen LogP contribution in [-0.4, -0.2) is 58.8 Å². The molecule has 166 valence electrons. The van der Waals surface area contributed by atoms with Crippen LogP contribution in [0, 0.1) is 13.8 Å². The van der Waals surface area contributed by atoms with Crippen LogP contribution >= 0.6 is 0 Å². The Morgan fingerprint density at radius 2 is 2.00 bits per heavy atom. The van der Waals surface area contributed by atoms with Crippen molar-refractivity contribution in [3.8, 4) is 5.75 Å². The second-order valence-electron chi connectivity index (χ2n) is 8.64. The third-order valence-electron chi connectivity index (χ3n) is 5.74. The van der Waals surface area contributed by atoms with Crippen LogP contribution in [0.25, 0.3) is 0 Å². The number of carbonyl (C=O) groups excluding carboxylic acids is 2. The first-order chi connectivity index (χ1) is 14.7. The Bertz CT molecular complexity index is 971. The van der Waals surface area contributed by atoms with Crippen molar-refractivity contribution >= 4 is 11.8 Å². The molecule has 7 heteroatoms. The van der Waals surface area contributed by atoms with Gasteiger partial charge in [0.2, 0.25) is 0 Å². The summed E-state index contributed by atoms with van der Waals surface area (Å²) in [5, 5.41) is 0. The number of likely N-dealkylation sites (tertiary alicyclic amines) is 1. The molecule has 2 heterocycles. The topological polar surface area (TPSA) is 75.6 Å². The lowest BCUT2D eigenvalue weighted by Crippen LogP contribution is -2.35. The quantitative estimate of drug-likeness (QED) is 0.707. The maximum Gasteiger partial charge on any atom is 0.261 e. The highest BCUT2D eigenvalue weighted by atomic mass is 16.5. The van der Waals surface area contributed by atoms with Crippen LogP contribution in [0.4, 0.5) is 0 Å². The largest absolute Gasteiger partial charge is 0.483 e. The predicted octanol–water partition coefficient (Wildman–Crippen LogP) is 3.66. The normalized spacial score (nSPS) is 16.0. The molecule has 0 bridgehead atoms. The van der Waals surface area contributed by atoms with E-state index < -0.39 is 0 Å². The molecule has 0 aliphatic carbocycles. The maximum absolute atomic E-state index is 13.0. The van der Waals surface area contributed by atoms with E-state index in [9.17, 15) is 9.59 Å². The molecular formula is C24H32N4O3. The molecule has 0 N–H and O–H groups in total. The summed E-state index contributed by atoms with van der Waals surface area (Å²) in [6.07, 6.45) is 3.26. The molecule has 1 aromatic carbocycles. The van der Waals surface area contributed by atoms with E-state index in [1.165, 1.54) is 10.5 Å². The molecule has 0 unspecified atom stereocenters. The molecule has 2 aromatic rings. The molecule has 1 aliphatic rings. The van der Waals surface area contributed by atoms with E-state index in [1.807, 2.05) is 19.1 Å². The van der Waals surface area contributed by atoms with Crippen LogP contribution in [0.1, 0.15) is 71.7 Å². The highest BCUT2D eigenvalue weighted by Crippen LogP contribution is 2.31. The number of hydrogen-bond acceptors (Lipinski definition) is 5. The van der Waals surface area contributed by atoms with E-state index in [4.69, 9.17) is 4.74 Å². The van der Waals surface area contributed by atoms with Gasteiger partial charge in [0, 0.05) is 26.8 Å². The van der Waals surface area contributed by atoms with Crippen molar-refractivity contribution in [1.29, 1.82) is 0 Å². The SMILES string of the molecule is Cc1ccc(C(C)C)cc1OCC(=O)N1CCC[C@@H]1c1ncc(C(=O)N(C)C)c(C)n1. The number of aromatic nitrogens is 2. The molecule has 1 aromatic heterocycles. The van der Waals surface area contributed by atoms with E-state index in [0.717, 1.165) is 24.2 Å². The average molecular weight is 425 g/mol. The number of carbonyl (C=O) groups is 2. The van der Waals surface area contributed by atoms with Crippen molar-refractivity contribution < 1.29 is 14.3 Å². The zero-order chi connectivity index (χ0) is 22.7. The van der Waals surface area contributed by atoms with Crippen LogP contribution < -0.4 is 4.74 Å². The minimum atomic E-state index is -0.193. The van der Waals surface area contributed by atoms with Crippen LogP contribution in [0.5, 0.6) is 5.75 Å². The lowest BCUT2D eigenvalue weighted by molar-refractivity contribution is -0.134. The zero-order valence-corrected chi connectivity index (χ0v) is 19.3. The summed E-state index contributed by atoms with van der Waals surface area (Å²) in [5.74, 6) is 1.51. The van der Waals surface area contributed by atoms with Gasteiger partial charge < -0.3 is 14.5 Å². The molecule has 7 nitrogen and oxygen atoms in total. The summed E-state index contributed by atoms with van der Waals surface area (Å²) in [6, 6.07) is 5.94. The number of rotatable bonds is 6. The van der Waals surface area contributed by atoms with Gasteiger partial charge in [-0.25, -0.2) is 9.97 Å². The molecule has 1 aliphatic heterocycles. The van der Waals surface area contributed by atoms with E-state index in [-0.39, 0.29) is 24.5 Å². The monoisotopic (exact) mass is 424 g/mol. The van der Waals surface area contributed by atoms with Gasteiger partial charge in [-0.3, -0.25) is 9.59 Å². The standard InChI is InChI=1S/C24H32N4O3/c1-15(2)18-10-9-16(3)21(12-18)31-14-22(29)28-11-7-8-20(28)23-25-13-19(17(4)26-23)24(30)27(5)6/h9-10,12-13,15,20H,7-8,11,14H2,1-6H3/t20-/m1/s1. The van der Waals surface area contributed by atoms with E-state index >= 15 is 0 Å². The highest BCUT2D eigenvalue weighted by molar-refractivity contribution is 5.94. The Morgan fingerprint density at radius 1 is 1.26 bits per heavy atom. The fourth-order valence-corrected chi connectivity index (χ4v) is 3.78. The van der Waals surface area contributed by atoms with Crippen molar-refractivity contribution in [3.63, 3.8) is 0 Å². The first kappa shape index (κ1) is 22.7. The highest BCUT2D eigenvalue weighted by Gasteiger charge is 2.32. The molecular weight excluding hydrogens is 392 g/mol. The molecule has 0 radical (unpaired) electrons. The molecule has 1 atom stereocenters. The lowest BCUT2D eigenvalue weighted by Gasteiger charge is -2.24. The van der Waals surface area contributed by atoms with Crippen molar-refractivity contribution in [2.45, 2.75) is 52.5 Å². The summed E-state index contributed by atoms with van der Waals surface area (Å²) < 4.78 is 5.90. The maximum atomic E-state index is 13.0. The molecule has 1 saturated heterocycles. The van der Waals surface area contributed by atoms with Crippen molar-refractivity contribution in [3.05, 3.63) is 52.6 Å². The Hall–Kier alpha value is -2.96. The fourth-order valence-electron chi connectivity index (χ4n) is 3.78. The summed E-state index contributed by atoms with van der Waals surface area (Å²) in [5.41, 5.74) is 3.30. The van der Waals surface area contributed by atoms with Gasteiger partial charge in [0.25, 0.3) is 11.8 Å². The predicted molar refractivity (Wildman–Crippen MR) is 119 cm³/mol. The molecule has 2 amide bonds. The van der Waals surface area contributed by atoms with Gasteiger partial charge in [-0.1, -0.05) is 26.0 Å². The van der Waals surface area contributed by atoms with Crippen molar-refractivity contribution in [1.82, 2.24) is 19.8 Å². The smallest absolute Gasteiger partial charge is 0.261 e. The van der Waals surface area contributed by atoms with Crippen LogP contribution in [0.3, 0.4) is 0 Å². The van der Waals surface area contributed by atoms with Gasteiger partial charge in [0.1, 0.15) is 5.75 Å². The van der Waals surface area contributed by atoms with Crippen molar-refractivity contribution in [2.24, 2.45) is 0 Å². The third-order valence-corrected chi connectivity index (χ3v) is 5.74. The average Bonchev–Trinajstić information content (AvgIpc) is 3.22. The van der Waals surface area contributed by atoms with Gasteiger partial charge in [0.05, 0.1) is 17.3 Å². The second-order valence-corrected chi connectivity index (χ2v) is 8.64. The first-order valence-electron chi connectivity index (χ1n) is 10.8. The summed E-state index contributed by atoms with van der Waals surface area (Å²) >= 11 is 0.